The maximum atomic E-state index is 9.80. The van der Waals surface area contributed by atoms with Crippen molar-refractivity contribution in [1.82, 2.24) is 0 Å². The van der Waals surface area contributed by atoms with E-state index in [1.807, 2.05) is 11.4 Å². The maximum absolute atomic E-state index is 9.80. The van der Waals surface area contributed by atoms with E-state index in [2.05, 4.69) is 37.9 Å². The molecule has 1 N–H and O–H groups in total. The van der Waals surface area contributed by atoms with E-state index >= 15 is 0 Å². The summed E-state index contributed by atoms with van der Waals surface area (Å²) >= 11 is 8.30. The number of halogens is 2. The van der Waals surface area contributed by atoms with Gasteiger partial charge in [0.2, 0.25) is 0 Å². The number of phenols is 1. The molecule has 1 nitrogen and oxygen atoms in total. The molecule has 2 rings (SSSR count). The van der Waals surface area contributed by atoms with Gasteiger partial charge in [-0.25, -0.2) is 0 Å². The summed E-state index contributed by atoms with van der Waals surface area (Å²) in [5.41, 5.74) is 1.07. The lowest BCUT2D eigenvalue weighted by molar-refractivity contribution is 0.478. The molecule has 0 saturated carbocycles. The van der Waals surface area contributed by atoms with Gasteiger partial charge in [0.15, 0.2) is 0 Å². The largest absolute Gasteiger partial charge is 0.505 e. The molecule has 13 heavy (non-hydrogen) atoms. The normalized spacial score (nSPS) is 10.9. The van der Waals surface area contributed by atoms with Gasteiger partial charge in [-0.15, -0.1) is 11.3 Å². The second kappa shape index (κ2) is 3.59. The molecule has 0 aliphatic rings. The van der Waals surface area contributed by atoms with E-state index in [9.17, 15) is 5.11 Å². The minimum absolute atomic E-state index is 0.349. The first-order valence-corrected chi connectivity index (χ1v) is 6.47. The summed E-state index contributed by atoms with van der Waals surface area (Å²) in [6.07, 6.45) is 0. The van der Waals surface area contributed by atoms with Crippen molar-refractivity contribution in [3.05, 3.63) is 27.5 Å². The average molecular weight is 322 g/mol. The number of thiophene rings is 1. The van der Waals surface area contributed by atoms with Gasteiger partial charge >= 0.3 is 0 Å². The van der Waals surface area contributed by atoms with Gasteiger partial charge in [0, 0.05) is 5.33 Å². The Bertz CT molecular complexity index is 450. The third-order valence-corrected chi connectivity index (χ3v) is 4.30. The molecule has 0 saturated heterocycles. The van der Waals surface area contributed by atoms with Crippen molar-refractivity contribution in [2.24, 2.45) is 0 Å². The first-order chi connectivity index (χ1) is 6.24. The smallest absolute Gasteiger partial charge is 0.147 e. The second-order valence-corrected chi connectivity index (χ2v) is 4.94. The Morgan fingerprint density at radius 2 is 2.23 bits per heavy atom. The summed E-state index contributed by atoms with van der Waals surface area (Å²) in [6.45, 7) is 0. The van der Waals surface area contributed by atoms with Gasteiger partial charge in [-0.2, -0.15) is 0 Å². The maximum Gasteiger partial charge on any atom is 0.147 e. The van der Waals surface area contributed by atoms with Gasteiger partial charge in [0.25, 0.3) is 0 Å². The number of alkyl halides is 1. The SMILES string of the molecule is Oc1c(Br)c(CBr)cc2ccsc12. The number of hydrogen-bond acceptors (Lipinski definition) is 2. The molecule has 0 fully saturated rings. The highest BCUT2D eigenvalue weighted by Gasteiger charge is 2.10. The fraction of sp³-hybridized carbons (Fsp3) is 0.111. The Morgan fingerprint density at radius 1 is 1.46 bits per heavy atom. The highest BCUT2D eigenvalue weighted by Crippen LogP contribution is 2.39. The predicted molar refractivity (Wildman–Crippen MR) is 63.8 cm³/mol. The Morgan fingerprint density at radius 3 is 2.92 bits per heavy atom. The van der Waals surface area contributed by atoms with Crippen LogP contribution in [0.1, 0.15) is 5.56 Å². The fourth-order valence-corrected chi connectivity index (χ4v) is 3.46. The van der Waals surface area contributed by atoms with Crippen molar-refractivity contribution < 1.29 is 5.11 Å². The molecule has 0 radical (unpaired) electrons. The van der Waals surface area contributed by atoms with Crippen molar-refractivity contribution >= 4 is 53.3 Å². The molecule has 1 aromatic heterocycles. The molecule has 0 bridgehead atoms. The van der Waals surface area contributed by atoms with E-state index < -0.39 is 0 Å². The Balaban J connectivity index is 2.83. The molecular weight excluding hydrogens is 316 g/mol. The van der Waals surface area contributed by atoms with E-state index in [0.29, 0.717) is 5.75 Å². The zero-order valence-corrected chi connectivity index (χ0v) is 10.5. The van der Waals surface area contributed by atoms with Crippen LogP contribution in [0, 0.1) is 0 Å². The van der Waals surface area contributed by atoms with Crippen LogP contribution in [0.3, 0.4) is 0 Å². The van der Waals surface area contributed by atoms with Gasteiger partial charge in [0.05, 0.1) is 9.17 Å². The fourth-order valence-electron chi connectivity index (χ4n) is 1.23. The first kappa shape index (κ1) is 9.49. The standard InChI is InChI=1S/C9H6Br2OS/c10-4-6-3-5-1-2-13-9(5)8(12)7(6)11/h1-3,12H,4H2. The summed E-state index contributed by atoms with van der Waals surface area (Å²) in [5.74, 6) is 0.349. The molecule has 0 aliphatic heterocycles. The molecule has 4 heteroatoms. The summed E-state index contributed by atoms with van der Waals surface area (Å²) in [6, 6.07) is 4.09. The van der Waals surface area contributed by atoms with Crippen LogP contribution >= 0.6 is 43.2 Å². The van der Waals surface area contributed by atoms with Crippen LogP contribution in [-0.2, 0) is 5.33 Å². The highest BCUT2D eigenvalue weighted by molar-refractivity contribution is 9.11. The molecule has 0 atom stereocenters. The van der Waals surface area contributed by atoms with Crippen LogP contribution in [0.5, 0.6) is 5.75 Å². The number of rotatable bonds is 1. The Labute approximate surface area is 96.6 Å². The third kappa shape index (κ3) is 1.51. The van der Waals surface area contributed by atoms with Crippen LogP contribution in [0.2, 0.25) is 0 Å². The minimum Gasteiger partial charge on any atom is -0.505 e. The number of hydrogen-bond donors (Lipinski definition) is 1. The van der Waals surface area contributed by atoms with E-state index in [1.54, 1.807) is 11.3 Å². The van der Waals surface area contributed by atoms with Gasteiger partial charge in [0.1, 0.15) is 5.75 Å². The predicted octanol–water partition coefficient (Wildman–Crippen LogP) is 4.26. The molecule has 0 unspecified atom stereocenters. The van der Waals surface area contributed by atoms with E-state index in [1.165, 1.54) is 0 Å². The second-order valence-electron chi connectivity index (χ2n) is 2.67. The number of benzene rings is 1. The average Bonchev–Trinajstić information content (AvgIpc) is 2.59. The molecule has 1 aromatic carbocycles. The quantitative estimate of drug-likeness (QED) is 0.778. The van der Waals surface area contributed by atoms with Crippen molar-refractivity contribution in [2.75, 3.05) is 0 Å². The van der Waals surface area contributed by atoms with Crippen LogP contribution in [0.15, 0.2) is 22.0 Å². The van der Waals surface area contributed by atoms with Gasteiger partial charge in [-0.1, -0.05) is 15.9 Å². The zero-order chi connectivity index (χ0) is 9.42. The van der Waals surface area contributed by atoms with Gasteiger partial charge < -0.3 is 5.11 Å². The summed E-state index contributed by atoms with van der Waals surface area (Å²) < 4.78 is 1.73. The molecule has 0 aliphatic carbocycles. The number of fused-ring (bicyclic) bond motifs is 1. The van der Waals surface area contributed by atoms with Crippen molar-refractivity contribution in [3.8, 4) is 5.75 Å². The number of aromatic hydroxyl groups is 1. The van der Waals surface area contributed by atoms with Crippen molar-refractivity contribution in [2.45, 2.75) is 5.33 Å². The van der Waals surface area contributed by atoms with Gasteiger partial charge in [-0.05, 0) is 44.4 Å². The van der Waals surface area contributed by atoms with Crippen molar-refractivity contribution in [3.63, 3.8) is 0 Å². The van der Waals surface area contributed by atoms with E-state index in [4.69, 9.17) is 0 Å². The van der Waals surface area contributed by atoms with Crippen LogP contribution in [-0.4, -0.2) is 5.11 Å². The molecule has 2 aromatic rings. The number of phenolic OH excluding ortho intramolecular Hbond substituents is 1. The molecule has 68 valence electrons. The topological polar surface area (TPSA) is 20.2 Å². The summed E-state index contributed by atoms with van der Waals surface area (Å²) in [4.78, 5) is 0. The van der Waals surface area contributed by atoms with E-state index in [-0.39, 0.29) is 0 Å². The summed E-state index contributed by atoms with van der Waals surface area (Å²) in [7, 11) is 0. The monoisotopic (exact) mass is 320 g/mol. The lowest BCUT2D eigenvalue weighted by atomic mass is 10.2. The third-order valence-electron chi connectivity index (χ3n) is 1.87. The van der Waals surface area contributed by atoms with E-state index in [0.717, 1.165) is 25.5 Å². The van der Waals surface area contributed by atoms with Crippen molar-refractivity contribution in [1.29, 1.82) is 0 Å². The lowest BCUT2D eigenvalue weighted by Gasteiger charge is -2.03. The van der Waals surface area contributed by atoms with Crippen LogP contribution < -0.4 is 0 Å². The molecular formula is C9H6Br2OS. The zero-order valence-electron chi connectivity index (χ0n) is 6.55. The van der Waals surface area contributed by atoms with Crippen LogP contribution in [0.25, 0.3) is 10.1 Å². The Hall–Kier alpha value is -0.0600. The summed E-state index contributed by atoms with van der Waals surface area (Å²) in [5, 5.41) is 13.6. The van der Waals surface area contributed by atoms with Gasteiger partial charge in [-0.3, -0.25) is 0 Å². The molecule has 0 amide bonds. The lowest BCUT2D eigenvalue weighted by Crippen LogP contribution is -1.80. The van der Waals surface area contributed by atoms with Crippen LogP contribution in [0.4, 0.5) is 0 Å². The molecule has 0 spiro atoms. The highest BCUT2D eigenvalue weighted by atomic mass is 79.9. The minimum atomic E-state index is 0.349. The molecule has 1 heterocycles. The Kier molecular flexibility index (Phi) is 2.62. The first-order valence-electron chi connectivity index (χ1n) is 3.67.